The van der Waals surface area contributed by atoms with E-state index in [-0.39, 0.29) is 5.69 Å². The van der Waals surface area contributed by atoms with Crippen molar-refractivity contribution >= 4 is 35.3 Å². The van der Waals surface area contributed by atoms with Gasteiger partial charge in [0, 0.05) is 29.3 Å². The maximum atomic E-state index is 11.8. The quantitative estimate of drug-likeness (QED) is 0.280. The fourth-order valence-corrected chi connectivity index (χ4v) is 1.82. The maximum absolute atomic E-state index is 11.8. The summed E-state index contributed by atoms with van der Waals surface area (Å²) in [5.41, 5.74) is 0.848. The topological polar surface area (TPSA) is 69.2 Å². The summed E-state index contributed by atoms with van der Waals surface area (Å²) < 4.78 is 0.654. The van der Waals surface area contributed by atoms with Crippen molar-refractivity contribution in [3.8, 4) is 0 Å². The Kier molecular flexibility index (Phi) is 4.68. The minimum absolute atomic E-state index is 0.00825. The zero-order chi connectivity index (χ0) is 15.2. The Bertz CT molecular complexity index is 709. The van der Waals surface area contributed by atoms with Crippen LogP contribution in [0.1, 0.15) is 5.56 Å². The first-order chi connectivity index (χ1) is 10.1. The molecular weight excluding hydrogens is 292 g/mol. The lowest BCUT2D eigenvalue weighted by Crippen LogP contribution is -1.95. The first-order valence-electron chi connectivity index (χ1n) is 6.05. The second-order valence-electron chi connectivity index (χ2n) is 4.13. The predicted octanol–water partition coefficient (Wildman–Crippen LogP) is 4.17. The molecule has 21 heavy (non-hydrogen) atoms. The van der Waals surface area contributed by atoms with Crippen molar-refractivity contribution in [1.82, 2.24) is 0 Å². The number of rotatable bonds is 4. The molecule has 0 radical (unpaired) electrons. The lowest BCUT2D eigenvalue weighted by Gasteiger charge is -2.01. The zero-order valence-electron chi connectivity index (χ0n) is 10.8. The third-order valence-corrected chi connectivity index (χ3v) is 2.96. The molecule has 0 aliphatic heterocycles. The number of benzene rings is 2. The van der Waals surface area contributed by atoms with Crippen LogP contribution < -0.4 is 0 Å². The summed E-state index contributed by atoms with van der Waals surface area (Å²) >= 11 is 5.74. The molecule has 0 saturated heterocycles. The standard InChI is InChI=1S/C15H11ClN2O3/c16-13-7-9-14(10-8-13)17(19)11-3-5-12-4-1-2-6-15(12)18(20)21/h1-11H/b5-3+,17-11-. The molecule has 0 saturated carbocycles. The molecule has 0 aliphatic carbocycles. The zero-order valence-corrected chi connectivity index (χ0v) is 11.6. The molecule has 2 aromatic carbocycles. The highest BCUT2D eigenvalue weighted by Crippen LogP contribution is 2.19. The van der Waals surface area contributed by atoms with Gasteiger partial charge in [0.05, 0.1) is 10.5 Å². The molecule has 0 N–H and O–H groups in total. The van der Waals surface area contributed by atoms with Gasteiger partial charge in [-0.2, -0.15) is 4.74 Å². The molecule has 0 heterocycles. The van der Waals surface area contributed by atoms with Crippen LogP contribution in [0.2, 0.25) is 5.02 Å². The second kappa shape index (κ2) is 6.67. The van der Waals surface area contributed by atoms with E-state index in [9.17, 15) is 15.3 Å². The van der Waals surface area contributed by atoms with Gasteiger partial charge >= 0.3 is 0 Å². The highest BCUT2D eigenvalue weighted by atomic mass is 35.5. The van der Waals surface area contributed by atoms with Crippen LogP contribution in [-0.2, 0) is 0 Å². The summed E-state index contributed by atoms with van der Waals surface area (Å²) in [6.45, 7) is 0. The van der Waals surface area contributed by atoms with Gasteiger partial charge in [-0.3, -0.25) is 10.1 Å². The minimum atomic E-state index is -0.464. The Morgan fingerprint density at radius 1 is 1.00 bits per heavy atom. The van der Waals surface area contributed by atoms with Gasteiger partial charge in [-0.05, 0) is 24.3 Å². The SMILES string of the molecule is O=[N+]([O-])c1ccccc1/C=C/C=[N+](\[O-])c1ccc(Cl)cc1. The average Bonchev–Trinajstić information content (AvgIpc) is 2.48. The van der Waals surface area contributed by atoms with E-state index in [1.165, 1.54) is 24.4 Å². The monoisotopic (exact) mass is 302 g/mol. The molecular formula is C15H11ClN2O3. The van der Waals surface area contributed by atoms with Gasteiger partial charge in [0.15, 0.2) is 6.21 Å². The van der Waals surface area contributed by atoms with Gasteiger partial charge in [0.2, 0.25) is 5.69 Å². The number of nitro groups is 1. The summed E-state index contributed by atoms with van der Waals surface area (Å²) in [6, 6.07) is 12.7. The van der Waals surface area contributed by atoms with Gasteiger partial charge in [0.25, 0.3) is 5.69 Å². The van der Waals surface area contributed by atoms with Crippen LogP contribution in [0.3, 0.4) is 0 Å². The molecule has 0 aromatic heterocycles. The molecule has 0 unspecified atom stereocenters. The average molecular weight is 303 g/mol. The van der Waals surface area contributed by atoms with E-state index in [4.69, 9.17) is 11.6 Å². The summed E-state index contributed by atoms with van der Waals surface area (Å²) in [7, 11) is 0. The summed E-state index contributed by atoms with van der Waals surface area (Å²) in [5, 5.41) is 23.2. The smallest absolute Gasteiger partial charge is 0.276 e. The lowest BCUT2D eigenvalue weighted by atomic mass is 10.1. The number of allylic oxidation sites excluding steroid dienone is 1. The minimum Gasteiger partial charge on any atom is -0.618 e. The Hall–Kier alpha value is -2.66. The van der Waals surface area contributed by atoms with Crippen molar-refractivity contribution in [2.75, 3.05) is 0 Å². The normalized spacial score (nSPS) is 11.8. The van der Waals surface area contributed by atoms with Crippen molar-refractivity contribution in [2.45, 2.75) is 0 Å². The largest absolute Gasteiger partial charge is 0.618 e. The third-order valence-electron chi connectivity index (χ3n) is 2.71. The van der Waals surface area contributed by atoms with Crippen LogP contribution in [0.15, 0.2) is 54.6 Å². The molecule has 0 spiro atoms. The van der Waals surface area contributed by atoms with Crippen molar-refractivity contribution < 1.29 is 9.66 Å². The van der Waals surface area contributed by atoms with Crippen LogP contribution in [0.4, 0.5) is 11.4 Å². The van der Waals surface area contributed by atoms with Crippen LogP contribution in [-0.4, -0.2) is 15.9 Å². The van der Waals surface area contributed by atoms with Crippen molar-refractivity contribution in [3.05, 3.63) is 80.5 Å². The van der Waals surface area contributed by atoms with E-state index < -0.39 is 4.92 Å². The van der Waals surface area contributed by atoms with E-state index in [1.54, 1.807) is 42.5 Å². The van der Waals surface area contributed by atoms with E-state index in [0.29, 0.717) is 21.0 Å². The predicted molar refractivity (Wildman–Crippen MR) is 82.9 cm³/mol. The number of hydrogen-bond acceptors (Lipinski definition) is 3. The highest BCUT2D eigenvalue weighted by Gasteiger charge is 2.09. The van der Waals surface area contributed by atoms with Gasteiger partial charge in [0.1, 0.15) is 0 Å². The van der Waals surface area contributed by atoms with Crippen LogP contribution in [0, 0.1) is 15.3 Å². The fourth-order valence-electron chi connectivity index (χ4n) is 1.69. The molecule has 6 heteroatoms. The van der Waals surface area contributed by atoms with Gasteiger partial charge in [-0.15, -0.1) is 0 Å². The molecule has 2 rings (SSSR count). The molecule has 5 nitrogen and oxygen atoms in total. The van der Waals surface area contributed by atoms with E-state index >= 15 is 0 Å². The second-order valence-corrected chi connectivity index (χ2v) is 4.56. The first kappa shape index (κ1) is 14.7. The van der Waals surface area contributed by atoms with Crippen molar-refractivity contribution in [2.24, 2.45) is 0 Å². The Balaban J connectivity index is 2.20. The number of hydrogen-bond donors (Lipinski definition) is 0. The van der Waals surface area contributed by atoms with Crippen LogP contribution >= 0.6 is 11.6 Å². The summed E-state index contributed by atoms with van der Waals surface area (Å²) in [4.78, 5) is 10.4. The Morgan fingerprint density at radius 3 is 2.33 bits per heavy atom. The maximum Gasteiger partial charge on any atom is 0.276 e. The lowest BCUT2D eigenvalue weighted by molar-refractivity contribution is -0.385. The number of para-hydroxylation sites is 1. The summed E-state index contributed by atoms with van der Waals surface area (Å²) in [5.74, 6) is 0. The van der Waals surface area contributed by atoms with Gasteiger partial charge in [-0.25, -0.2) is 0 Å². The fraction of sp³-hybridized carbons (Fsp3) is 0. The Morgan fingerprint density at radius 2 is 1.67 bits per heavy atom. The van der Waals surface area contributed by atoms with E-state index in [2.05, 4.69) is 0 Å². The molecule has 0 atom stereocenters. The molecule has 0 amide bonds. The molecule has 0 aliphatic rings. The van der Waals surface area contributed by atoms with E-state index in [1.807, 2.05) is 0 Å². The highest BCUT2D eigenvalue weighted by molar-refractivity contribution is 6.30. The molecule has 0 bridgehead atoms. The number of nitro benzene ring substituents is 1. The number of halogens is 1. The molecule has 2 aromatic rings. The molecule has 106 valence electrons. The number of nitrogens with zero attached hydrogens (tertiary/aromatic N) is 2. The Labute approximate surface area is 126 Å². The van der Waals surface area contributed by atoms with Crippen LogP contribution in [0.25, 0.3) is 6.08 Å². The van der Waals surface area contributed by atoms with Gasteiger partial charge in [-0.1, -0.05) is 23.7 Å². The van der Waals surface area contributed by atoms with Crippen molar-refractivity contribution in [1.29, 1.82) is 0 Å². The van der Waals surface area contributed by atoms with Gasteiger partial charge < -0.3 is 5.21 Å². The summed E-state index contributed by atoms with van der Waals surface area (Å²) in [6.07, 6.45) is 4.25. The van der Waals surface area contributed by atoms with Crippen LogP contribution in [0.5, 0.6) is 0 Å². The van der Waals surface area contributed by atoms with Crippen molar-refractivity contribution in [3.63, 3.8) is 0 Å². The van der Waals surface area contributed by atoms with E-state index in [0.717, 1.165) is 0 Å². The first-order valence-corrected chi connectivity index (χ1v) is 6.42. The third kappa shape index (κ3) is 3.90. The molecule has 0 fully saturated rings.